The largest absolute Gasteiger partial charge is 0.345 e. The molecule has 5 nitrogen and oxygen atoms in total. The zero-order valence-electron chi connectivity index (χ0n) is 11.7. The number of benzene rings is 1. The number of nitrogens with zero attached hydrogens (tertiary/aromatic N) is 2. The highest BCUT2D eigenvalue weighted by Gasteiger charge is 2.26. The molecule has 0 aliphatic carbocycles. The minimum absolute atomic E-state index is 0.122. The normalized spacial score (nSPS) is 18.6. The smallest absolute Gasteiger partial charge is 0.254 e. The molecule has 1 unspecified atom stereocenters. The Labute approximate surface area is 118 Å². The Kier molecular flexibility index (Phi) is 3.69. The third-order valence-electron chi connectivity index (χ3n) is 3.87. The first-order valence-electron chi connectivity index (χ1n) is 7.24. The van der Waals surface area contributed by atoms with Crippen LogP contribution in [0, 0.1) is 0 Å². The summed E-state index contributed by atoms with van der Waals surface area (Å²) >= 11 is 0. The van der Waals surface area contributed by atoms with Crippen LogP contribution in [0.3, 0.4) is 0 Å². The fourth-order valence-electron chi connectivity index (χ4n) is 2.83. The molecule has 20 heavy (non-hydrogen) atoms. The summed E-state index contributed by atoms with van der Waals surface area (Å²) in [5, 5.41) is 3.33. The minimum atomic E-state index is 0.122. The molecule has 0 bridgehead atoms. The molecule has 2 aromatic rings. The molecule has 1 aromatic carbocycles. The Morgan fingerprint density at radius 1 is 1.50 bits per heavy atom. The number of carbonyl (C=O) groups is 1. The lowest BCUT2D eigenvalue weighted by molar-refractivity contribution is 0.0692. The molecule has 0 saturated carbocycles. The van der Waals surface area contributed by atoms with E-state index in [0.29, 0.717) is 6.04 Å². The number of aromatic nitrogens is 2. The molecule has 5 heteroatoms. The maximum atomic E-state index is 12.8. The van der Waals surface area contributed by atoms with Gasteiger partial charge in [-0.1, -0.05) is 6.92 Å². The summed E-state index contributed by atoms with van der Waals surface area (Å²) < 4.78 is 0. The maximum Gasteiger partial charge on any atom is 0.254 e. The van der Waals surface area contributed by atoms with Crippen LogP contribution in [0.2, 0.25) is 0 Å². The predicted octanol–water partition coefficient (Wildman–Crippen LogP) is 1.78. The van der Waals surface area contributed by atoms with Crippen molar-refractivity contribution in [3.8, 4) is 0 Å². The number of H-pyrrole nitrogens is 1. The standard InChI is InChI=1S/C15H20N4O/c1-2-7-19(12-5-6-16-9-12)15(20)11-3-4-13-14(8-11)18-10-17-13/h3-4,8,10,12,16H,2,5-7,9H2,1H3,(H,17,18). The fourth-order valence-corrected chi connectivity index (χ4v) is 2.83. The van der Waals surface area contributed by atoms with Gasteiger partial charge < -0.3 is 15.2 Å². The summed E-state index contributed by atoms with van der Waals surface area (Å²) in [6, 6.07) is 5.99. The van der Waals surface area contributed by atoms with Gasteiger partial charge in [-0.15, -0.1) is 0 Å². The molecule has 1 atom stereocenters. The lowest BCUT2D eigenvalue weighted by Crippen LogP contribution is -2.42. The molecular weight excluding hydrogens is 252 g/mol. The van der Waals surface area contributed by atoms with Crippen molar-refractivity contribution >= 4 is 16.9 Å². The van der Waals surface area contributed by atoms with Gasteiger partial charge in [-0.05, 0) is 37.6 Å². The van der Waals surface area contributed by atoms with Gasteiger partial charge in [0.1, 0.15) is 0 Å². The molecule has 3 rings (SSSR count). The van der Waals surface area contributed by atoms with Crippen molar-refractivity contribution in [2.75, 3.05) is 19.6 Å². The SMILES string of the molecule is CCCN(C(=O)c1ccc2nc[nH]c2c1)C1CCNC1. The van der Waals surface area contributed by atoms with E-state index >= 15 is 0 Å². The lowest BCUT2D eigenvalue weighted by Gasteiger charge is -2.28. The van der Waals surface area contributed by atoms with E-state index in [1.807, 2.05) is 23.1 Å². The molecule has 0 radical (unpaired) electrons. The minimum Gasteiger partial charge on any atom is -0.345 e. The van der Waals surface area contributed by atoms with E-state index in [1.54, 1.807) is 6.33 Å². The first-order valence-corrected chi connectivity index (χ1v) is 7.24. The van der Waals surface area contributed by atoms with Gasteiger partial charge in [0.2, 0.25) is 0 Å². The summed E-state index contributed by atoms with van der Waals surface area (Å²) in [6.07, 6.45) is 3.68. The van der Waals surface area contributed by atoms with Crippen LogP contribution in [0.15, 0.2) is 24.5 Å². The van der Waals surface area contributed by atoms with Gasteiger partial charge in [-0.2, -0.15) is 0 Å². The number of hydrogen-bond donors (Lipinski definition) is 2. The molecule has 1 aliphatic heterocycles. The highest BCUT2D eigenvalue weighted by molar-refractivity contribution is 5.97. The van der Waals surface area contributed by atoms with Crippen molar-refractivity contribution in [1.29, 1.82) is 0 Å². The molecular formula is C15H20N4O. The molecule has 1 saturated heterocycles. The van der Waals surface area contributed by atoms with Crippen LogP contribution in [-0.4, -0.2) is 46.5 Å². The van der Waals surface area contributed by atoms with Crippen LogP contribution < -0.4 is 5.32 Å². The zero-order chi connectivity index (χ0) is 13.9. The highest BCUT2D eigenvalue weighted by atomic mass is 16.2. The van der Waals surface area contributed by atoms with E-state index in [9.17, 15) is 4.79 Å². The van der Waals surface area contributed by atoms with Gasteiger partial charge in [-0.3, -0.25) is 4.79 Å². The second-order valence-corrected chi connectivity index (χ2v) is 5.28. The number of carbonyl (C=O) groups excluding carboxylic acids is 1. The molecule has 2 N–H and O–H groups in total. The van der Waals surface area contributed by atoms with E-state index in [2.05, 4.69) is 22.2 Å². The van der Waals surface area contributed by atoms with Gasteiger partial charge in [0.25, 0.3) is 5.91 Å². The monoisotopic (exact) mass is 272 g/mol. The second-order valence-electron chi connectivity index (χ2n) is 5.28. The number of rotatable bonds is 4. The zero-order valence-corrected chi connectivity index (χ0v) is 11.7. The summed E-state index contributed by atoms with van der Waals surface area (Å²) in [5.41, 5.74) is 2.55. The van der Waals surface area contributed by atoms with Gasteiger partial charge >= 0.3 is 0 Å². The van der Waals surface area contributed by atoms with E-state index < -0.39 is 0 Å². The maximum absolute atomic E-state index is 12.8. The van der Waals surface area contributed by atoms with Crippen molar-refractivity contribution in [3.05, 3.63) is 30.1 Å². The van der Waals surface area contributed by atoms with Gasteiger partial charge in [0, 0.05) is 24.7 Å². The van der Waals surface area contributed by atoms with Crippen LogP contribution in [0.4, 0.5) is 0 Å². The first-order chi connectivity index (χ1) is 9.79. The lowest BCUT2D eigenvalue weighted by atomic mass is 10.1. The Balaban J connectivity index is 1.87. The van der Waals surface area contributed by atoms with E-state index in [1.165, 1.54) is 0 Å². The van der Waals surface area contributed by atoms with E-state index in [0.717, 1.165) is 49.1 Å². The second kappa shape index (κ2) is 5.63. The third-order valence-corrected chi connectivity index (χ3v) is 3.87. The molecule has 1 aromatic heterocycles. The average Bonchev–Trinajstić information content (AvgIpc) is 3.13. The fraction of sp³-hybridized carbons (Fsp3) is 0.467. The number of aromatic amines is 1. The summed E-state index contributed by atoms with van der Waals surface area (Å²) in [5.74, 6) is 0.122. The Morgan fingerprint density at radius 2 is 2.40 bits per heavy atom. The van der Waals surface area contributed by atoms with Crippen molar-refractivity contribution in [3.63, 3.8) is 0 Å². The number of fused-ring (bicyclic) bond motifs is 1. The van der Waals surface area contributed by atoms with E-state index in [-0.39, 0.29) is 5.91 Å². The van der Waals surface area contributed by atoms with Crippen molar-refractivity contribution < 1.29 is 4.79 Å². The predicted molar refractivity (Wildman–Crippen MR) is 78.7 cm³/mol. The molecule has 1 fully saturated rings. The van der Waals surface area contributed by atoms with Crippen LogP contribution >= 0.6 is 0 Å². The third kappa shape index (κ3) is 2.41. The van der Waals surface area contributed by atoms with Crippen molar-refractivity contribution in [1.82, 2.24) is 20.2 Å². The van der Waals surface area contributed by atoms with Gasteiger partial charge in [0.05, 0.1) is 17.4 Å². The molecule has 0 spiro atoms. The molecule has 2 heterocycles. The summed E-state index contributed by atoms with van der Waals surface area (Å²) in [4.78, 5) is 22.0. The molecule has 1 aliphatic rings. The first kappa shape index (κ1) is 13.1. The van der Waals surface area contributed by atoms with Crippen LogP contribution in [0.1, 0.15) is 30.1 Å². The molecule has 1 amide bonds. The summed E-state index contributed by atoms with van der Waals surface area (Å²) in [7, 11) is 0. The molecule has 106 valence electrons. The topological polar surface area (TPSA) is 61.0 Å². The Hall–Kier alpha value is -1.88. The number of nitrogens with one attached hydrogen (secondary N) is 2. The van der Waals surface area contributed by atoms with Gasteiger partial charge in [-0.25, -0.2) is 4.98 Å². The van der Waals surface area contributed by atoms with Crippen molar-refractivity contribution in [2.24, 2.45) is 0 Å². The van der Waals surface area contributed by atoms with Crippen LogP contribution in [0.25, 0.3) is 11.0 Å². The number of amides is 1. The quantitative estimate of drug-likeness (QED) is 0.892. The average molecular weight is 272 g/mol. The Morgan fingerprint density at radius 3 is 3.15 bits per heavy atom. The number of hydrogen-bond acceptors (Lipinski definition) is 3. The summed E-state index contributed by atoms with van der Waals surface area (Å²) in [6.45, 7) is 4.82. The highest BCUT2D eigenvalue weighted by Crippen LogP contribution is 2.17. The van der Waals surface area contributed by atoms with Crippen LogP contribution in [0.5, 0.6) is 0 Å². The van der Waals surface area contributed by atoms with Gasteiger partial charge in [0.15, 0.2) is 0 Å². The van der Waals surface area contributed by atoms with Crippen LogP contribution in [-0.2, 0) is 0 Å². The van der Waals surface area contributed by atoms with E-state index in [4.69, 9.17) is 0 Å². The number of imidazole rings is 1. The van der Waals surface area contributed by atoms with Crippen molar-refractivity contribution in [2.45, 2.75) is 25.8 Å². The Bertz CT molecular complexity index is 601.